The number of carbonyl (C=O) groups is 1. The number of sulfone groups is 1. The highest BCUT2D eigenvalue weighted by molar-refractivity contribution is 7.91. The van der Waals surface area contributed by atoms with Crippen molar-refractivity contribution in [3.63, 3.8) is 0 Å². The fourth-order valence-electron chi connectivity index (χ4n) is 2.93. The summed E-state index contributed by atoms with van der Waals surface area (Å²) < 4.78 is 28.8. The Balaban J connectivity index is 1.64. The molecule has 7 heteroatoms. The van der Waals surface area contributed by atoms with Crippen LogP contribution >= 0.6 is 0 Å². The second-order valence-electron chi connectivity index (χ2n) is 6.02. The first-order valence-corrected chi connectivity index (χ1v) is 9.45. The number of carbonyl (C=O) groups excluding carboxylic acids is 1. The van der Waals surface area contributed by atoms with Gasteiger partial charge in [0, 0.05) is 12.1 Å². The maximum atomic E-state index is 12.5. The molecule has 23 heavy (non-hydrogen) atoms. The van der Waals surface area contributed by atoms with Gasteiger partial charge in [-0.15, -0.1) is 0 Å². The van der Waals surface area contributed by atoms with E-state index in [-0.39, 0.29) is 36.1 Å². The summed E-state index contributed by atoms with van der Waals surface area (Å²) in [6.45, 7) is -0.137. The monoisotopic (exact) mass is 334 g/mol. The predicted octanol–water partition coefficient (Wildman–Crippen LogP) is 1.12. The van der Waals surface area contributed by atoms with Gasteiger partial charge in [0.15, 0.2) is 16.4 Å². The summed E-state index contributed by atoms with van der Waals surface area (Å²) in [5.74, 6) is 0.488. The van der Waals surface area contributed by atoms with Crippen molar-refractivity contribution in [2.45, 2.75) is 31.3 Å². The molecule has 2 aliphatic rings. The number of hydrogen-bond acceptors (Lipinski definition) is 5. The molecule has 1 aliphatic heterocycles. The molecule has 2 fully saturated rings. The minimum absolute atomic E-state index is 0.0547. The van der Waals surface area contributed by atoms with Gasteiger partial charge in [-0.3, -0.25) is 4.79 Å². The molecule has 0 spiro atoms. The van der Waals surface area contributed by atoms with Gasteiger partial charge in [0.05, 0.1) is 23.1 Å². The van der Waals surface area contributed by atoms with Gasteiger partial charge in [-0.1, -0.05) is 6.07 Å². The fourth-order valence-corrected chi connectivity index (χ4v) is 4.64. The van der Waals surface area contributed by atoms with E-state index in [9.17, 15) is 13.2 Å². The highest BCUT2D eigenvalue weighted by Crippen LogP contribution is 2.32. The molecule has 1 aliphatic carbocycles. The second kappa shape index (κ2) is 6.20. The van der Waals surface area contributed by atoms with Crippen LogP contribution in [0, 0.1) is 11.3 Å². The summed E-state index contributed by atoms with van der Waals surface area (Å²) in [7, 11) is -3.03. The van der Waals surface area contributed by atoms with Crippen LogP contribution in [0.1, 0.15) is 24.8 Å². The van der Waals surface area contributed by atoms with E-state index < -0.39 is 9.84 Å². The maximum Gasteiger partial charge on any atom is 0.261 e. The van der Waals surface area contributed by atoms with Crippen molar-refractivity contribution in [1.29, 1.82) is 5.26 Å². The van der Waals surface area contributed by atoms with Gasteiger partial charge in [0.2, 0.25) is 0 Å². The van der Waals surface area contributed by atoms with Crippen LogP contribution in [0.3, 0.4) is 0 Å². The highest BCUT2D eigenvalue weighted by atomic mass is 32.2. The van der Waals surface area contributed by atoms with Crippen LogP contribution < -0.4 is 4.74 Å². The third-order valence-corrected chi connectivity index (χ3v) is 5.91. The van der Waals surface area contributed by atoms with Crippen LogP contribution in [0.2, 0.25) is 0 Å². The molecule has 0 N–H and O–H groups in total. The zero-order valence-corrected chi connectivity index (χ0v) is 13.5. The zero-order valence-electron chi connectivity index (χ0n) is 12.6. The molecule has 3 rings (SSSR count). The van der Waals surface area contributed by atoms with E-state index in [0.717, 1.165) is 12.8 Å². The van der Waals surface area contributed by atoms with Crippen molar-refractivity contribution < 1.29 is 17.9 Å². The summed E-state index contributed by atoms with van der Waals surface area (Å²) in [5, 5.41) is 8.86. The van der Waals surface area contributed by atoms with E-state index in [0.29, 0.717) is 17.7 Å². The minimum atomic E-state index is -3.03. The van der Waals surface area contributed by atoms with Crippen LogP contribution in [-0.4, -0.2) is 49.4 Å². The number of ether oxygens (including phenoxy) is 1. The molecule has 0 unspecified atom stereocenters. The Morgan fingerprint density at radius 1 is 1.30 bits per heavy atom. The summed E-state index contributed by atoms with van der Waals surface area (Å²) in [6, 6.07) is 8.56. The lowest BCUT2D eigenvalue weighted by Crippen LogP contribution is -2.45. The topological polar surface area (TPSA) is 87.5 Å². The van der Waals surface area contributed by atoms with Gasteiger partial charge in [-0.25, -0.2) is 8.42 Å². The van der Waals surface area contributed by atoms with Crippen molar-refractivity contribution in [3.8, 4) is 11.8 Å². The molecule has 122 valence electrons. The Morgan fingerprint density at radius 2 is 2.09 bits per heavy atom. The first kappa shape index (κ1) is 15.8. The number of hydrogen-bond donors (Lipinski definition) is 0. The lowest BCUT2D eigenvalue weighted by molar-refractivity contribution is -0.135. The number of nitrogens with zero attached hydrogens (tertiary/aromatic N) is 2. The van der Waals surface area contributed by atoms with E-state index in [1.165, 1.54) is 0 Å². The Labute approximate surface area is 135 Å². The van der Waals surface area contributed by atoms with Gasteiger partial charge in [0.25, 0.3) is 5.91 Å². The van der Waals surface area contributed by atoms with Crippen molar-refractivity contribution in [2.75, 3.05) is 18.1 Å². The van der Waals surface area contributed by atoms with Crippen molar-refractivity contribution in [2.24, 2.45) is 0 Å². The fraction of sp³-hybridized carbons (Fsp3) is 0.500. The normalized spacial score (nSPS) is 22.3. The smallest absolute Gasteiger partial charge is 0.261 e. The second-order valence-corrected chi connectivity index (χ2v) is 8.25. The molecule has 1 saturated carbocycles. The highest BCUT2D eigenvalue weighted by Gasteiger charge is 2.42. The average Bonchev–Trinajstić information content (AvgIpc) is 3.29. The molecule has 1 amide bonds. The third-order valence-electron chi connectivity index (χ3n) is 4.16. The summed E-state index contributed by atoms with van der Waals surface area (Å²) in [4.78, 5) is 14.2. The Hall–Kier alpha value is -2.07. The van der Waals surface area contributed by atoms with E-state index in [2.05, 4.69) is 0 Å². The summed E-state index contributed by atoms with van der Waals surface area (Å²) >= 11 is 0. The van der Waals surface area contributed by atoms with E-state index >= 15 is 0 Å². The SMILES string of the molecule is N#Cc1cccc(OCC(=O)N(C2CC2)[C@H]2CCS(=O)(=O)C2)c1. The Kier molecular flexibility index (Phi) is 4.26. The van der Waals surface area contributed by atoms with E-state index in [1.807, 2.05) is 6.07 Å². The summed E-state index contributed by atoms with van der Waals surface area (Å²) in [5.41, 5.74) is 0.468. The first-order chi connectivity index (χ1) is 11.0. The lowest BCUT2D eigenvalue weighted by atomic mass is 10.2. The Bertz CT molecular complexity index is 750. The molecule has 6 nitrogen and oxygen atoms in total. The number of nitriles is 1. The molecule has 1 saturated heterocycles. The van der Waals surface area contributed by atoms with Crippen LogP contribution in [0.15, 0.2) is 24.3 Å². The summed E-state index contributed by atoms with van der Waals surface area (Å²) in [6.07, 6.45) is 2.35. The lowest BCUT2D eigenvalue weighted by Gasteiger charge is -2.28. The van der Waals surface area contributed by atoms with Crippen LogP contribution in [0.5, 0.6) is 5.75 Å². The first-order valence-electron chi connectivity index (χ1n) is 7.63. The molecule has 0 bridgehead atoms. The van der Waals surface area contributed by atoms with Crippen LogP contribution in [0.4, 0.5) is 0 Å². The van der Waals surface area contributed by atoms with E-state index in [4.69, 9.17) is 10.00 Å². The van der Waals surface area contributed by atoms with E-state index in [1.54, 1.807) is 29.2 Å². The molecule has 1 heterocycles. The molecule has 1 aromatic carbocycles. The van der Waals surface area contributed by atoms with Crippen molar-refractivity contribution in [1.82, 2.24) is 4.90 Å². The third kappa shape index (κ3) is 3.82. The number of rotatable bonds is 5. The van der Waals surface area contributed by atoms with Crippen molar-refractivity contribution >= 4 is 15.7 Å². The number of benzene rings is 1. The molecule has 0 aromatic heterocycles. The predicted molar refractivity (Wildman–Crippen MR) is 83.6 cm³/mol. The largest absolute Gasteiger partial charge is 0.484 e. The van der Waals surface area contributed by atoms with Gasteiger partial charge in [-0.05, 0) is 37.5 Å². The standard InChI is InChI=1S/C16H18N2O4S/c17-9-12-2-1-3-15(8-12)22-10-16(19)18(13-4-5-13)14-6-7-23(20,21)11-14/h1-3,8,13-14H,4-7,10-11H2/t14-/m0/s1. The van der Waals surface area contributed by atoms with Crippen LogP contribution in [-0.2, 0) is 14.6 Å². The van der Waals surface area contributed by atoms with Crippen LogP contribution in [0.25, 0.3) is 0 Å². The van der Waals surface area contributed by atoms with Gasteiger partial charge >= 0.3 is 0 Å². The maximum absolute atomic E-state index is 12.5. The van der Waals surface area contributed by atoms with Gasteiger partial charge in [0.1, 0.15) is 5.75 Å². The average molecular weight is 334 g/mol. The van der Waals surface area contributed by atoms with Gasteiger partial charge < -0.3 is 9.64 Å². The Morgan fingerprint density at radius 3 is 2.70 bits per heavy atom. The molecule has 1 aromatic rings. The van der Waals surface area contributed by atoms with Crippen molar-refractivity contribution in [3.05, 3.63) is 29.8 Å². The number of amides is 1. The molecule has 1 atom stereocenters. The quantitative estimate of drug-likeness (QED) is 0.805. The zero-order chi connectivity index (χ0) is 16.4. The molecular formula is C16H18N2O4S. The molecular weight excluding hydrogens is 316 g/mol. The van der Waals surface area contributed by atoms with Gasteiger partial charge in [-0.2, -0.15) is 5.26 Å². The minimum Gasteiger partial charge on any atom is -0.484 e. The molecule has 0 radical (unpaired) electrons.